The number of rotatable bonds is 3. The number of piperidine rings is 1. The number of benzene rings is 1. The van der Waals surface area contributed by atoms with Crippen molar-refractivity contribution in [1.29, 1.82) is 0 Å². The van der Waals surface area contributed by atoms with E-state index < -0.39 is 6.04 Å². The summed E-state index contributed by atoms with van der Waals surface area (Å²) in [7, 11) is 0. The molecule has 2 heterocycles. The van der Waals surface area contributed by atoms with Gasteiger partial charge in [0.1, 0.15) is 5.82 Å². The van der Waals surface area contributed by atoms with Gasteiger partial charge in [-0.2, -0.15) is 0 Å². The average Bonchev–Trinajstić information content (AvgIpc) is 2.99. The Kier molecular flexibility index (Phi) is 8.36. The summed E-state index contributed by atoms with van der Waals surface area (Å²) in [5, 5.41) is 0. The van der Waals surface area contributed by atoms with Gasteiger partial charge in [-0.3, -0.25) is 4.79 Å². The monoisotopic (exact) mass is 428 g/mol. The number of amides is 1. The van der Waals surface area contributed by atoms with E-state index in [0.29, 0.717) is 12.6 Å². The zero-order chi connectivity index (χ0) is 19.1. The molecule has 5 nitrogen and oxygen atoms in total. The van der Waals surface area contributed by atoms with Crippen molar-refractivity contribution in [3.8, 4) is 0 Å². The molecule has 1 fully saturated rings. The van der Waals surface area contributed by atoms with Crippen molar-refractivity contribution in [3.63, 3.8) is 0 Å². The van der Waals surface area contributed by atoms with Crippen molar-refractivity contribution in [3.05, 3.63) is 30.1 Å². The number of aromatic nitrogens is 2. The highest BCUT2D eigenvalue weighted by Crippen LogP contribution is 2.32. The number of carbonyl (C=O) groups excluding carboxylic acids is 1. The Morgan fingerprint density at radius 1 is 1.21 bits per heavy atom. The fourth-order valence-electron chi connectivity index (χ4n) is 3.85. The lowest BCUT2D eigenvalue weighted by atomic mass is 9.85. The number of para-hydroxylation sites is 2. The van der Waals surface area contributed by atoms with E-state index in [4.69, 9.17) is 10.7 Å². The summed E-state index contributed by atoms with van der Waals surface area (Å²) in [4.78, 5) is 19.8. The lowest BCUT2D eigenvalue weighted by Crippen LogP contribution is -2.52. The van der Waals surface area contributed by atoms with Crippen LogP contribution < -0.4 is 5.73 Å². The predicted molar refractivity (Wildman–Crippen MR) is 121 cm³/mol. The van der Waals surface area contributed by atoms with E-state index in [-0.39, 0.29) is 42.1 Å². The van der Waals surface area contributed by atoms with E-state index in [2.05, 4.69) is 36.6 Å². The number of halogens is 2. The molecule has 2 N–H and O–H groups in total. The van der Waals surface area contributed by atoms with Gasteiger partial charge < -0.3 is 15.2 Å². The third-order valence-corrected chi connectivity index (χ3v) is 5.44. The molecule has 1 unspecified atom stereocenters. The molecular formula is C21H34Cl2N4O. The summed E-state index contributed by atoms with van der Waals surface area (Å²) in [6.45, 7) is 12.0. The number of imidazole rings is 1. The van der Waals surface area contributed by atoms with Crippen LogP contribution in [0.1, 0.15) is 65.2 Å². The Morgan fingerprint density at radius 2 is 1.86 bits per heavy atom. The minimum atomic E-state index is -0.467. The molecule has 1 aromatic carbocycles. The summed E-state index contributed by atoms with van der Waals surface area (Å²) in [5.41, 5.74) is 8.22. The second-order valence-corrected chi connectivity index (χ2v) is 8.89. The van der Waals surface area contributed by atoms with Crippen LogP contribution in [0.4, 0.5) is 0 Å². The molecule has 1 aromatic heterocycles. The molecule has 0 radical (unpaired) electrons. The van der Waals surface area contributed by atoms with Crippen molar-refractivity contribution < 1.29 is 4.79 Å². The van der Waals surface area contributed by atoms with Crippen LogP contribution in [0.5, 0.6) is 0 Å². The molecule has 158 valence electrons. The van der Waals surface area contributed by atoms with Crippen molar-refractivity contribution in [2.75, 3.05) is 13.1 Å². The third kappa shape index (κ3) is 4.81. The van der Waals surface area contributed by atoms with E-state index in [9.17, 15) is 4.79 Å². The van der Waals surface area contributed by atoms with Crippen LogP contribution in [-0.2, 0) is 4.79 Å². The molecule has 1 aliphatic heterocycles. The van der Waals surface area contributed by atoms with Gasteiger partial charge in [0.2, 0.25) is 5.91 Å². The lowest BCUT2D eigenvalue weighted by Gasteiger charge is -2.37. The maximum atomic E-state index is 12.9. The van der Waals surface area contributed by atoms with Gasteiger partial charge in [-0.25, -0.2) is 4.98 Å². The fourth-order valence-corrected chi connectivity index (χ4v) is 3.85. The first-order chi connectivity index (χ1) is 12.2. The Labute approximate surface area is 180 Å². The number of nitrogens with two attached hydrogens (primary N) is 1. The molecule has 0 aliphatic carbocycles. The minimum absolute atomic E-state index is 0. The van der Waals surface area contributed by atoms with Gasteiger partial charge in [0, 0.05) is 25.0 Å². The molecule has 3 rings (SSSR count). The molecule has 7 heteroatoms. The average molecular weight is 429 g/mol. The molecule has 1 aliphatic rings. The van der Waals surface area contributed by atoms with Gasteiger partial charge >= 0.3 is 0 Å². The van der Waals surface area contributed by atoms with Gasteiger partial charge in [0.05, 0.1) is 17.1 Å². The summed E-state index contributed by atoms with van der Waals surface area (Å²) in [6, 6.07) is 8.16. The second-order valence-electron chi connectivity index (χ2n) is 8.89. The molecule has 1 saturated heterocycles. The Morgan fingerprint density at radius 3 is 2.46 bits per heavy atom. The van der Waals surface area contributed by atoms with E-state index in [0.717, 1.165) is 30.7 Å². The number of hydrogen-bond acceptors (Lipinski definition) is 3. The minimum Gasteiger partial charge on any atom is -0.341 e. The van der Waals surface area contributed by atoms with Crippen molar-refractivity contribution in [1.82, 2.24) is 14.5 Å². The smallest absolute Gasteiger partial charge is 0.240 e. The Balaban J connectivity index is 0.00000196. The third-order valence-electron chi connectivity index (χ3n) is 5.44. The summed E-state index contributed by atoms with van der Waals surface area (Å²) < 4.78 is 2.33. The van der Waals surface area contributed by atoms with Crippen LogP contribution in [0, 0.1) is 5.41 Å². The highest BCUT2D eigenvalue weighted by molar-refractivity contribution is 5.85. The van der Waals surface area contributed by atoms with Crippen LogP contribution in [0.2, 0.25) is 0 Å². The van der Waals surface area contributed by atoms with Gasteiger partial charge in [-0.05, 0) is 44.2 Å². The topological polar surface area (TPSA) is 64.2 Å². The standard InChI is InChI=1S/C21H32N4O.2ClH/c1-14(2)25-17-11-7-6-10-16(17)23-19(25)15-9-8-12-24(13-15)20(26)18(22)21(3,4)5;;/h6-7,10-11,14-15,18H,8-9,12-13,22H2,1-5H3;2*1H/t15?,18-;;/m1../s1. The van der Waals surface area contributed by atoms with Crippen molar-refractivity contribution in [2.45, 2.75) is 65.5 Å². The van der Waals surface area contributed by atoms with Crippen LogP contribution in [0.15, 0.2) is 24.3 Å². The van der Waals surface area contributed by atoms with Crippen molar-refractivity contribution >= 4 is 41.8 Å². The van der Waals surface area contributed by atoms with Crippen LogP contribution in [-0.4, -0.2) is 39.5 Å². The maximum absolute atomic E-state index is 12.9. The number of likely N-dealkylation sites (tertiary alicyclic amines) is 1. The van der Waals surface area contributed by atoms with E-state index in [1.807, 2.05) is 31.7 Å². The highest BCUT2D eigenvalue weighted by atomic mass is 35.5. The fraction of sp³-hybridized carbons (Fsp3) is 0.619. The predicted octanol–water partition coefficient (Wildman–Crippen LogP) is 4.54. The summed E-state index contributed by atoms with van der Waals surface area (Å²) in [6.07, 6.45) is 2.05. The molecule has 28 heavy (non-hydrogen) atoms. The molecule has 1 amide bonds. The summed E-state index contributed by atoms with van der Waals surface area (Å²) >= 11 is 0. The highest BCUT2D eigenvalue weighted by Gasteiger charge is 2.35. The van der Waals surface area contributed by atoms with Gasteiger partial charge in [0.15, 0.2) is 0 Å². The van der Waals surface area contributed by atoms with Crippen molar-refractivity contribution in [2.24, 2.45) is 11.1 Å². The van der Waals surface area contributed by atoms with Gasteiger partial charge in [-0.1, -0.05) is 32.9 Å². The van der Waals surface area contributed by atoms with E-state index in [1.165, 1.54) is 5.52 Å². The summed E-state index contributed by atoms with van der Waals surface area (Å²) in [5.74, 6) is 1.42. The van der Waals surface area contributed by atoms with Gasteiger partial charge in [-0.15, -0.1) is 24.8 Å². The molecular weight excluding hydrogens is 395 g/mol. The lowest BCUT2D eigenvalue weighted by molar-refractivity contribution is -0.136. The zero-order valence-electron chi connectivity index (χ0n) is 17.5. The molecule has 2 atom stereocenters. The molecule has 2 aromatic rings. The number of carbonyl (C=O) groups is 1. The first kappa shape index (κ1) is 24.7. The SMILES string of the molecule is CC(C)n1c(C2CCCN(C(=O)[C@@H](N)C(C)(C)C)C2)nc2ccccc21.Cl.Cl. The zero-order valence-corrected chi connectivity index (χ0v) is 19.1. The van der Waals surface area contributed by atoms with Crippen LogP contribution in [0.3, 0.4) is 0 Å². The van der Waals surface area contributed by atoms with E-state index in [1.54, 1.807) is 0 Å². The first-order valence-electron chi connectivity index (χ1n) is 9.71. The van der Waals surface area contributed by atoms with Crippen LogP contribution >= 0.6 is 24.8 Å². The normalized spacial score (nSPS) is 18.5. The Hall–Kier alpha value is -1.30. The van der Waals surface area contributed by atoms with E-state index >= 15 is 0 Å². The maximum Gasteiger partial charge on any atom is 0.240 e. The molecule has 0 saturated carbocycles. The van der Waals surface area contributed by atoms with Gasteiger partial charge in [0.25, 0.3) is 0 Å². The number of nitrogens with zero attached hydrogens (tertiary/aromatic N) is 3. The quantitative estimate of drug-likeness (QED) is 0.779. The largest absolute Gasteiger partial charge is 0.341 e. The number of fused-ring (bicyclic) bond motifs is 1. The molecule has 0 bridgehead atoms. The first-order valence-corrected chi connectivity index (χ1v) is 9.71. The number of hydrogen-bond donors (Lipinski definition) is 1. The Bertz CT molecular complexity index is 797. The molecule has 0 spiro atoms. The second kappa shape index (κ2) is 9.47. The van der Waals surface area contributed by atoms with Crippen LogP contribution in [0.25, 0.3) is 11.0 Å².